The average Bonchev–Trinajstić information content (AvgIpc) is 3.39. The van der Waals surface area contributed by atoms with Gasteiger partial charge in [-0.25, -0.2) is 4.99 Å². The molecular formula is C23H27ClN4O3. The van der Waals surface area contributed by atoms with E-state index in [1.165, 1.54) is 0 Å². The molecule has 2 unspecified atom stereocenters. The SMILES string of the molecule is C=Nc1[nH]c(C(C)O)cc1/C(=C\C)c1cc(Cl)cc2c1OC(C(=O)N1CCNCC1)C2. The van der Waals surface area contributed by atoms with Crippen LogP contribution in [0.25, 0.3) is 5.57 Å². The molecule has 2 aliphatic rings. The summed E-state index contributed by atoms with van der Waals surface area (Å²) in [5.74, 6) is 1.23. The third kappa shape index (κ3) is 4.13. The normalized spacial score (nSPS) is 19.7. The van der Waals surface area contributed by atoms with Crippen molar-refractivity contribution in [1.82, 2.24) is 15.2 Å². The number of rotatable bonds is 5. The molecule has 1 aromatic carbocycles. The van der Waals surface area contributed by atoms with Gasteiger partial charge in [0.25, 0.3) is 5.91 Å². The van der Waals surface area contributed by atoms with Gasteiger partial charge < -0.3 is 25.0 Å². The largest absolute Gasteiger partial charge is 0.479 e. The third-order valence-electron chi connectivity index (χ3n) is 5.80. The van der Waals surface area contributed by atoms with Gasteiger partial charge in [0.05, 0.1) is 6.10 Å². The number of piperazine rings is 1. The van der Waals surface area contributed by atoms with Crippen molar-refractivity contribution in [2.45, 2.75) is 32.5 Å². The highest BCUT2D eigenvalue weighted by Gasteiger charge is 2.35. The molecule has 7 nitrogen and oxygen atoms in total. The number of nitrogens with one attached hydrogen (secondary N) is 2. The Balaban J connectivity index is 1.70. The highest BCUT2D eigenvalue weighted by Crippen LogP contribution is 2.43. The van der Waals surface area contributed by atoms with Crippen LogP contribution in [0.2, 0.25) is 5.02 Å². The standard InChI is InChI=1S/C23H27ClN4O3/c1-4-16(18-12-19(13(2)29)27-22(18)25-3)17-11-15(24)9-14-10-20(31-21(14)17)23(30)28-7-5-26-6-8-28/h4,9,11-13,20,26-27,29H,3,5-8,10H2,1-2H3/b16-4-. The van der Waals surface area contributed by atoms with Crippen molar-refractivity contribution < 1.29 is 14.6 Å². The molecule has 4 rings (SSSR count). The van der Waals surface area contributed by atoms with Crippen LogP contribution in [0.1, 0.15) is 42.3 Å². The number of aliphatic hydroxyl groups excluding tert-OH is 1. The van der Waals surface area contributed by atoms with Gasteiger partial charge in [-0.2, -0.15) is 0 Å². The number of ether oxygens (including phenoxy) is 1. The number of nitrogens with zero attached hydrogens (tertiary/aromatic N) is 2. The lowest BCUT2D eigenvalue weighted by molar-refractivity contribution is -0.138. The van der Waals surface area contributed by atoms with Gasteiger partial charge in [0.2, 0.25) is 0 Å². The summed E-state index contributed by atoms with van der Waals surface area (Å²) in [7, 11) is 0. The van der Waals surface area contributed by atoms with Gasteiger partial charge in [-0.3, -0.25) is 4.79 Å². The quantitative estimate of drug-likeness (QED) is 0.620. The Kier molecular flexibility index (Phi) is 6.18. The molecule has 2 atom stereocenters. The van der Waals surface area contributed by atoms with E-state index < -0.39 is 12.2 Å². The second kappa shape index (κ2) is 8.86. The number of amides is 1. The first-order valence-corrected chi connectivity index (χ1v) is 10.8. The maximum atomic E-state index is 13.0. The lowest BCUT2D eigenvalue weighted by Crippen LogP contribution is -2.50. The zero-order valence-corrected chi connectivity index (χ0v) is 18.5. The fourth-order valence-electron chi connectivity index (χ4n) is 4.23. The van der Waals surface area contributed by atoms with E-state index in [1.807, 2.05) is 36.1 Å². The molecule has 3 heterocycles. The van der Waals surface area contributed by atoms with Crippen molar-refractivity contribution in [3.63, 3.8) is 0 Å². The molecule has 164 valence electrons. The number of fused-ring (bicyclic) bond motifs is 1. The Hall–Kier alpha value is -2.61. The van der Waals surface area contributed by atoms with Crippen LogP contribution in [0.3, 0.4) is 0 Å². The summed E-state index contributed by atoms with van der Waals surface area (Å²) in [6, 6.07) is 5.56. The molecule has 2 aliphatic heterocycles. The number of aromatic nitrogens is 1. The van der Waals surface area contributed by atoms with Crippen molar-refractivity contribution >= 4 is 35.6 Å². The number of halogens is 1. The van der Waals surface area contributed by atoms with Crippen LogP contribution >= 0.6 is 11.6 Å². The molecule has 3 N–H and O–H groups in total. The number of benzene rings is 1. The first-order valence-electron chi connectivity index (χ1n) is 10.5. The van der Waals surface area contributed by atoms with E-state index in [-0.39, 0.29) is 5.91 Å². The summed E-state index contributed by atoms with van der Waals surface area (Å²) in [5.41, 5.74) is 3.98. The highest BCUT2D eigenvalue weighted by molar-refractivity contribution is 6.31. The minimum absolute atomic E-state index is 0.00767. The lowest BCUT2D eigenvalue weighted by atomic mass is 9.95. The molecule has 1 amide bonds. The summed E-state index contributed by atoms with van der Waals surface area (Å²) in [5, 5.41) is 13.8. The minimum Gasteiger partial charge on any atom is -0.479 e. The summed E-state index contributed by atoms with van der Waals surface area (Å²) >= 11 is 6.45. The highest BCUT2D eigenvalue weighted by atomic mass is 35.5. The predicted octanol–water partition coefficient (Wildman–Crippen LogP) is 3.24. The van der Waals surface area contributed by atoms with E-state index in [1.54, 1.807) is 6.92 Å². The van der Waals surface area contributed by atoms with E-state index in [9.17, 15) is 9.90 Å². The Morgan fingerprint density at radius 1 is 1.35 bits per heavy atom. The molecule has 0 spiro atoms. The maximum Gasteiger partial charge on any atom is 0.264 e. The molecule has 31 heavy (non-hydrogen) atoms. The summed E-state index contributed by atoms with van der Waals surface area (Å²) in [4.78, 5) is 22.1. The molecule has 1 saturated heterocycles. The summed E-state index contributed by atoms with van der Waals surface area (Å²) < 4.78 is 6.22. The van der Waals surface area contributed by atoms with Gasteiger partial charge in [0.1, 0.15) is 11.6 Å². The summed E-state index contributed by atoms with van der Waals surface area (Å²) in [6.07, 6.45) is 1.21. The molecule has 0 radical (unpaired) electrons. The van der Waals surface area contributed by atoms with Crippen LogP contribution in [0.4, 0.5) is 5.82 Å². The number of H-pyrrole nitrogens is 1. The van der Waals surface area contributed by atoms with Crippen molar-refractivity contribution in [1.29, 1.82) is 0 Å². The number of aliphatic imine (C=N–C) groups is 1. The zero-order valence-electron chi connectivity index (χ0n) is 17.7. The Bertz CT molecular complexity index is 1040. The smallest absolute Gasteiger partial charge is 0.264 e. The van der Waals surface area contributed by atoms with Gasteiger partial charge in [-0.1, -0.05) is 17.7 Å². The Morgan fingerprint density at radius 2 is 2.10 bits per heavy atom. The first-order chi connectivity index (χ1) is 14.9. The lowest BCUT2D eigenvalue weighted by Gasteiger charge is -2.29. The number of aliphatic hydroxyl groups is 1. The molecular weight excluding hydrogens is 416 g/mol. The molecule has 0 bridgehead atoms. The number of hydrogen-bond acceptors (Lipinski definition) is 5. The van der Waals surface area contributed by atoms with Crippen LogP contribution in [0, 0.1) is 0 Å². The number of hydrogen-bond donors (Lipinski definition) is 3. The number of allylic oxidation sites excluding steroid dienone is 1. The van der Waals surface area contributed by atoms with E-state index >= 15 is 0 Å². The van der Waals surface area contributed by atoms with Crippen LogP contribution in [0.15, 0.2) is 29.3 Å². The zero-order chi connectivity index (χ0) is 22.1. The average molecular weight is 443 g/mol. The molecule has 1 fully saturated rings. The Labute approximate surface area is 186 Å². The molecule has 1 aromatic heterocycles. The second-order valence-corrected chi connectivity index (χ2v) is 8.29. The van der Waals surface area contributed by atoms with Crippen molar-refractivity contribution in [2.75, 3.05) is 26.2 Å². The molecule has 2 aromatic rings. The van der Waals surface area contributed by atoms with Crippen molar-refractivity contribution in [3.05, 3.63) is 51.7 Å². The van der Waals surface area contributed by atoms with Gasteiger partial charge in [-0.05, 0) is 44.3 Å². The fourth-order valence-corrected chi connectivity index (χ4v) is 4.47. The topological polar surface area (TPSA) is 90.0 Å². The Morgan fingerprint density at radius 3 is 2.74 bits per heavy atom. The van der Waals surface area contributed by atoms with Gasteiger partial charge in [0, 0.05) is 60.0 Å². The van der Waals surface area contributed by atoms with Crippen molar-refractivity contribution in [3.8, 4) is 5.75 Å². The van der Waals surface area contributed by atoms with Gasteiger partial charge in [0.15, 0.2) is 6.10 Å². The third-order valence-corrected chi connectivity index (χ3v) is 6.01. The second-order valence-electron chi connectivity index (χ2n) is 7.85. The maximum absolute atomic E-state index is 13.0. The van der Waals surface area contributed by atoms with Crippen LogP contribution in [-0.2, 0) is 11.2 Å². The van der Waals surface area contributed by atoms with Gasteiger partial charge >= 0.3 is 0 Å². The fraction of sp³-hybridized carbons (Fsp3) is 0.391. The van der Waals surface area contributed by atoms with Crippen LogP contribution in [-0.4, -0.2) is 59.9 Å². The number of carbonyl (C=O) groups excluding carboxylic acids is 1. The van der Waals surface area contributed by atoms with E-state index in [0.717, 1.165) is 35.4 Å². The molecule has 0 saturated carbocycles. The molecule has 0 aliphatic carbocycles. The van der Waals surface area contributed by atoms with E-state index in [2.05, 4.69) is 22.0 Å². The van der Waals surface area contributed by atoms with E-state index in [0.29, 0.717) is 41.8 Å². The van der Waals surface area contributed by atoms with Crippen molar-refractivity contribution in [2.24, 2.45) is 4.99 Å². The minimum atomic E-state index is -0.672. The molecule has 8 heteroatoms. The number of aromatic amines is 1. The van der Waals surface area contributed by atoms with Gasteiger partial charge in [-0.15, -0.1) is 0 Å². The monoisotopic (exact) mass is 442 g/mol. The van der Waals surface area contributed by atoms with E-state index in [4.69, 9.17) is 16.3 Å². The predicted molar refractivity (Wildman–Crippen MR) is 122 cm³/mol. The van der Waals surface area contributed by atoms with Crippen LogP contribution < -0.4 is 10.1 Å². The summed E-state index contributed by atoms with van der Waals surface area (Å²) in [6.45, 7) is 10.2. The number of carbonyl (C=O) groups is 1. The first kappa shape index (κ1) is 21.6. The van der Waals surface area contributed by atoms with Crippen LogP contribution in [0.5, 0.6) is 5.75 Å².